The van der Waals surface area contributed by atoms with E-state index in [1.807, 2.05) is 31.0 Å². The van der Waals surface area contributed by atoms with Crippen LogP contribution in [0.2, 0.25) is 0 Å². The third kappa shape index (κ3) is 3.95. The predicted molar refractivity (Wildman–Crippen MR) is 127 cm³/mol. The summed E-state index contributed by atoms with van der Waals surface area (Å²) in [7, 11) is 5.15. The number of carbonyl (C=O) groups is 2. The number of aromatic nitrogens is 5. The molecule has 3 heterocycles. The van der Waals surface area contributed by atoms with Crippen LogP contribution in [0.5, 0.6) is 5.75 Å². The van der Waals surface area contributed by atoms with Crippen molar-refractivity contribution in [2.75, 3.05) is 26.5 Å². The van der Waals surface area contributed by atoms with Crippen molar-refractivity contribution in [1.82, 2.24) is 29.3 Å². The van der Waals surface area contributed by atoms with Gasteiger partial charge in [0.2, 0.25) is 5.91 Å². The van der Waals surface area contributed by atoms with E-state index in [1.165, 1.54) is 7.11 Å². The first-order valence-electron chi connectivity index (χ1n) is 11.3. The number of hydrogen-bond acceptors (Lipinski definition) is 6. The number of rotatable bonds is 5. The zero-order chi connectivity index (χ0) is 23.8. The smallest absolute Gasteiger partial charge is 0.260 e. The normalized spacial score (nSPS) is 18.2. The molecule has 2 amide bonds. The molecule has 3 aromatic heterocycles. The topological polar surface area (TPSA) is 107 Å². The molecule has 0 saturated heterocycles. The van der Waals surface area contributed by atoms with E-state index in [4.69, 9.17) is 9.84 Å². The van der Waals surface area contributed by atoms with Crippen LogP contribution in [0.3, 0.4) is 0 Å². The lowest BCUT2D eigenvalue weighted by molar-refractivity contribution is -0.134. The summed E-state index contributed by atoms with van der Waals surface area (Å²) in [6, 6.07) is 7.41. The highest BCUT2D eigenvalue weighted by Crippen LogP contribution is 2.34. The molecule has 1 aromatic carbocycles. The molecule has 1 N–H and O–H groups in total. The van der Waals surface area contributed by atoms with Gasteiger partial charge in [0.15, 0.2) is 11.5 Å². The van der Waals surface area contributed by atoms with Crippen molar-refractivity contribution in [3.8, 4) is 5.75 Å². The highest BCUT2D eigenvalue weighted by molar-refractivity contribution is 6.08. The zero-order valence-corrected chi connectivity index (χ0v) is 19.4. The fourth-order valence-electron chi connectivity index (χ4n) is 4.66. The van der Waals surface area contributed by atoms with E-state index >= 15 is 0 Å². The standard InChI is InChI=1S/C24H27N7O3/c1-29(2)24(33)15-6-8-17(9-7-15)30-14-16-11-18(20(34-3)12-19(16)28-30)23(32)27-22-13-25-21-5-4-10-26-31(21)22/h4-5,10-15,17H,6-9H2,1-3H3,(H,27,32). The average molecular weight is 462 g/mol. The molecule has 10 heteroatoms. The number of carbonyl (C=O) groups excluding carboxylic acids is 2. The van der Waals surface area contributed by atoms with Gasteiger partial charge in [-0.3, -0.25) is 14.3 Å². The van der Waals surface area contributed by atoms with Gasteiger partial charge in [0.05, 0.1) is 30.4 Å². The number of methoxy groups -OCH3 is 1. The Morgan fingerprint density at radius 3 is 2.71 bits per heavy atom. The summed E-state index contributed by atoms with van der Waals surface area (Å²) in [5.74, 6) is 0.882. The molecule has 1 saturated carbocycles. The maximum Gasteiger partial charge on any atom is 0.260 e. The van der Waals surface area contributed by atoms with Crippen molar-refractivity contribution in [2.45, 2.75) is 31.7 Å². The van der Waals surface area contributed by atoms with Crippen LogP contribution in [0.15, 0.2) is 42.9 Å². The van der Waals surface area contributed by atoms with Gasteiger partial charge in [-0.15, -0.1) is 0 Å². The summed E-state index contributed by atoms with van der Waals surface area (Å²) >= 11 is 0. The number of hydrogen-bond donors (Lipinski definition) is 1. The SMILES string of the molecule is COc1cc2nn(C3CCC(C(=O)N(C)C)CC3)cc2cc1C(=O)Nc1cnc2cccnn12. The third-order valence-corrected chi connectivity index (χ3v) is 6.47. The van der Waals surface area contributed by atoms with E-state index in [0.717, 1.165) is 36.6 Å². The monoisotopic (exact) mass is 461 g/mol. The van der Waals surface area contributed by atoms with Crippen molar-refractivity contribution < 1.29 is 14.3 Å². The Bertz CT molecular complexity index is 1370. The average Bonchev–Trinajstić information content (AvgIpc) is 3.46. The summed E-state index contributed by atoms with van der Waals surface area (Å²) < 4.78 is 9.05. The quantitative estimate of drug-likeness (QED) is 0.489. The summed E-state index contributed by atoms with van der Waals surface area (Å²) in [6.45, 7) is 0. The second kappa shape index (κ2) is 8.77. The molecule has 1 aliphatic rings. The van der Waals surface area contributed by atoms with Crippen molar-refractivity contribution in [3.63, 3.8) is 0 Å². The van der Waals surface area contributed by atoms with Crippen LogP contribution in [0.1, 0.15) is 42.1 Å². The molecule has 1 aliphatic carbocycles. The van der Waals surface area contributed by atoms with E-state index in [9.17, 15) is 9.59 Å². The fourth-order valence-corrected chi connectivity index (χ4v) is 4.66. The number of anilines is 1. The highest BCUT2D eigenvalue weighted by Gasteiger charge is 2.28. The minimum atomic E-state index is -0.318. The molecule has 10 nitrogen and oxygen atoms in total. The van der Waals surface area contributed by atoms with Gasteiger partial charge in [0, 0.05) is 43.9 Å². The molecule has 0 bridgehead atoms. The van der Waals surface area contributed by atoms with E-state index in [-0.39, 0.29) is 23.8 Å². The Hall–Kier alpha value is -3.95. The molecule has 1 fully saturated rings. The maximum atomic E-state index is 13.1. The molecule has 34 heavy (non-hydrogen) atoms. The summed E-state index contributed by atoms with van der Waals surface area (Å²) in [4.78, 5) is 31.3. The van der Waals surface area contributed by atoms with E-state index in [1.54, 1.807) is 40.0 Å². The van der Waals surface area contributed by atoms with E-state index in [0.29, 0.717) is 22.8 Å². The number of imidazole rings is 1. The second-order valence-corrected chi connectivity index (χ2v) is 8.85. The minimum absolute atomic E-state index is 0.0840. The summed E-state index contributed by atoms with van der Waals surface area (Å²) in [5, 5.41) is 12.7. The summed E-state index contributed by atoms with van der Waals surface area (Å²) in [5.41, 5.74) is 1.81. The van der Waals surface area contributed by atoms with Gasteiger partial charge in [-0.2, -0.15) is 14.7 Å². The van der Waals surface area contributed by atoms with E-state index < -0.39 is 0 Å². The number of nitrogens with one attached hydrogen (secondary N) is 1. The molecule has 176 valence electrons. The molecule has 0 radical (unpaired) electrons. The molecular formula is C24H27N7O3. The first-order chi connectivity index (χ1) is 16.4. The Morgan fingerprint density at radius 1 is 1.18 bits per heavy atom. The Kier molecular flexibility index (Phi) is 5.64. The van der Waals surface area contributed by atoms with Crippen molar-refractivity contribution in [1.29, 1.82) is 0 Å². The lowest BCUT2D eigenvalue weighted by atomic mass is 9.85. The summed E-state index contributed by atoms with van der Waals surface area (Å²) in [6.07, 6.45) is 8.66. The predicted octanol–water partition coefficient (Wildman–Crippen LogP) is 3.16. The lowest BCUT2D eigenvalue weighted by Gasteiger charge is -2.29. The van der Waals surface area contributed by atoms with E-state index in [2.05, 4.69) is 15.4 Å². The number of benzene rings is 1. The second-order valence-electron chi connectivity index (χ2n) is 8.85. The lowest BCUT2D eigenvalue weighted by Crippen LogP contribution is -2.32. The molecular weight excluding hydrogens is 434 g/mol. The van der Waals surface area contributed by atoms with Crippen molar-refractivity contribution in [2.24, 2.45) is 5.92 Å². The molecule has 0 aliphatic heterocycles. The van der Waals surface area contributed by atoms with Gasteiger partial charge in [0.25, 0.3) is 5.91 Å². The molecule has 0 spiro atoms. The highest BCUT2D eigenvalue weighted by atomic mass is 16.5. The first-order valence-corrected chi connectivity index (χ1v) is 11.3. The Labute approximate surface area is 196 Å². The number of nitrogens with zero attached hydrogens (tertiary/aromatic N) is 6. The number of ether oxygens (including phenoxy) is 1. The van der Waals surface area contributed by atoms with Gasteiger partial charge >= 0.3 is 0 Å². The van der Waals surface area contributed by atoms with Gasteiger partial charge in [0.1, 0.15) is 5.75 Å². The van der Waals surface area contributed by atoms with Crippen LogP contribution in [-0.4, -0.2) is 62.3 Å². The van der Waals surface area contributed by atoms with Gasteiger partial charge in [-0.1, -0.05) is 0 Å². The Morgan fingerprint density at radius 2 is 1.97 bits per heavy atom. The van der Waals surface area contributed by atoms with Gasteiger partial charge in [-0.25, -0.2) is 4.98 Å². The van der Waals surface area contributed by atoms with Crippen LogP contribution in [0.4, 0.5) is 5.82 Å². The molecule has 0 unspecified atom stereocenters. The van der Waals surface area contributed by atoms with Crippen LogP contribution in [0.25, 0.3) is 16.6 Å². The van der Waals surface area contributed by atoms with Gasteiger partial charge < -0.3 is 15.0 Å². The molecule has 5 rings (SSSR count). The maximum absolute atomic E-state index is 13.1. The van der Waals surface area contributed by atoms with Crippen LogP contribution in [0, 0.1) is 5.92 Å². The molecule has 0 atom stereocenters. The Balaban J connectivity index is 1.38. The third-order valence-electron chi connectivity index (χ3n) is 6.47. The van der Waals surface area contributed by atoms with Crippen LogP contribution < -0.4 is 10.1 Å². The minimum Gasteiger partial charge on any atom is -0.496 e. The molecule has 4 aromatic rings. The van der Waals surface area contributed by atoms with Crippen molar-refractivity contribution in [3.05, 3.63) is 48.4 Å². The van der Waals surface area contributed by atoms with Crippen molar-refractivity contribution >= 4 is 34.2 Å². The largest absolute Gasteiger partial charge is 0.496 e. The number of amides is 2. The van der Waals surface area contributed by atoms with Crippen LogP contribution >= 0.6 is 0 Å². The first kappa shape index (κ1) is 21.9. The number of fused-ring (bicyclic) bond motifs is 2. The fraction of sp³-hybridized carbons (Fsp3) is 0.375. The zero-order valence-electron chi connectivity index (χ0n) is 19.4. The van der Waals surface area contributed by atoms with Crippen LogP contribution in [-0.2, 0) is 4.79 Å². The van der Waals surface area contributed by atoms with Gasteiger partial charge in [-0.05, 0) is 43.9 Å².